The Bertz CT molecular complexity index is 1180. The fourth-order valence-electron chi connectivity index (χ4n) is 3.69. The molecule has 1 N–H and O–H groups in total. The van der Waals surface area contributed by atoms with Gasteiger partial charge in [0.05, 0.1) is 11.4 Å². The number of rotatable bonds is 5. The number of ether oxygens (including phenoxy) is 1. The van der Waals surface area contributed by atoms with E-state index in [1.165, 1.54) is 6.92 Å². The van der Waals surface area contributed by atoms with Crippen LogP contribution in [0.5, 0.6) is 0 Å². The minimum atomic E-state index is -0.965. The molecular weight excluding hydrogens is 402 g/mol. The average Bonchev–Trinajstić information content (AvgIpc) is 3.33. The summed E-state index contributed by atoms with van der Waals surface area (Å²) < 4.78 is 7.09. The molecule has 156 valence electrons. The minimum Gasteiger partial charge on any atom is -0.448 e. The maximum atomic E-state index is 12.8. The first-order chi connectivity index (χ1) is 14.4. The number of hydrogen-bond acceptors (Lipinski definition) is 6. The normalized spacial score (nSPS) is 14.9. The number of nitrogens with zero attached hydrogens (tertiary/aromatic N) is 2. The van der Waals surface area contributed by atoms with Crippen LogP contribution in [0.1, 0.15) is 52.9 Å². The summed E-state index contributed by atoms with van der Waals surface area (Å²) in [5, 5.41) is 3.32. The summed E-state index contributed by atoms with van der Waals surface area (Å²) in [5.41, 5.74) is 1.41. The molecule has 1 amide bonds. The van der Waals surface area contributed by atoms with Crippen LogP contribution in [0.15, 0.2) is 35.1 Å². The number of aromatic nitrogens is 2. The van der Waals surface area contributed by atoms with Gasteiger partial charge in [-0.25, -0.2) is 9.78 Å². The topological polar surface area (TPSA) is 90.3 Å². The van der Waals surface area contributed by atoms with Gasteiger partial charge in [0.15, 0.2) is 6.10 Å². The number of fused-ring (bicyclic) bond motifs is 2. The second-order valence-corrected chi connectivity index (χ2v) is 8.51. The Morgan fingerprint density at radius 2 is 1.97 bits per heavy atom. The molecule has 0 fully saturated rings. The molecule has 30 heavy (non-hydrogen) atoms. The van der Waals surface area contributed by atoms with Crippen molar-refractivity contribution in [1.82, 2.24) is 14.9 Å². The number of carbonyl (C=O) groups is 2. The van der Waals surface area contributed by atoms with Crippen molar-refractivity contribution in [3.8, 4) is 0 Å². The van der Waals surface area contributed by atoms with Gasteiger partial charge in [-0.1, -0.05) is 30.3 Å². The second-order valence-electron chi connectivity index (χ2n) is 7.51. The molecule has 0 saturated carbocycles. The zero-order chi connectivity index (χ0) is 21.4. The van der Waals surface area contributed by atoms with Crippen LogP contribution < -0.4 is 10.9 Å². The van der Waals surface area contributed by atoms with Gasteiger partial charge in [0.2, 0.25) is 0 Å². The SMILES string of the molecule is Cc1c(C(=O)O[C@H](C)C(=O)N[C@@H](C)c2ccccc2)sc2nc3n(c(=O)c12)CCC3. The maximum absolute atomic E-state index is 12.8. The molecule has 8 heteroatoms. The number of carbonyl (C=O) groups excluding carboxylic acids is 2. The largest absolute Gasteiger partial charge is 0.448 e. The van der Waals surface area contributed by atoms with Crippen LogP contribution >= 0.6 is 11.3 Å². The third-order valence-electron chi connectivity index (χ3n) is 5.41. The van der Waals surface area contributed by atoms with Gasteiger partial charge in [0, 0.05) is 13.0 Å². The Kier molecular flexibility index (Phi) is 5.42. The molecule has 2 atom stereocenters. The Morgan fingerprint density at radius 3 is 2.70 bits per heavy atom. The number of thiophene rings is 1. The summed E-state index contributed by atoms with van der Waals surface area (Å²) in [7, 11) is 0. The highest BCUT2D eigenvalue weighted by atomic mass is 32.1. The molecule has 1 aliphatic heterocycles. The molecule has 1 aliphatic rings. The zero-order valence-electron chi connectivity index (χ0n) is 17.1. The predicted molar refractivity (Wildman–Crippen MR) is 115 cm³/mol. The molecule has 0 saturated heterocycles. The van der Waals surface area contributed by atoms with E-state index in [9.17, 15) is 14.4 Å². The number of nitrogens with one attached hydrogen (secondary N) is 1. The van der Waals surface area contributed by atoms with Gasteiger partial charge in [-0.3, -0.25) is 14.2 Å². The maximum Gasteiger partial charge on any atom is 0.349 e. The van der Waals surface area contributed by atoms with Crippen LogP contribution in [0.4, 0.5) is 0 Å². The highest BCUT2D eigenvalue weighted by Crippen LogP contribution is 2.29. The van der Waals surface area contributed by atoms with E-state index < -0.39 is 12.1 Å². The van der Waals surface area contributed by atoms with Crippen LogP contribution in [0.3, 0.4) is 0 Å². The Labute approximate surface area is 177 Å². The molecule has 0 spiro atoms. The third-order valence-corrected chi connectivity index (χ3v) is 6.57. The quantitative estimate of drug-likeness (QED) is 0.634. The van der Waals surface area contributed by atoms with Crippen LogP contribution in [0.2, 0.25) is 0 Å². The van der Waals surface area contributed by atoms with Gasteiger partial charge in [-0.2, -0.15) is 0 Å². The van der Waals surface area contributed by atoms with Gasteiger partial charge in [0.25, 0.3) is 11.5 Å². The summed E-state index contributed by atoms with van der Waals surface area (Å²) in [4.78, 5) is 43.4. The number of aryl methyl sites for hydroxylation is 2. The van der Waals surface area contributed by atoms with Crippen LogP contribution in [0, 0.1) is 6.92 Å². The summed E-state index contributed by atoms with van der Waals surface area (Å²) >= 11 is 1.15. The molecule has 0 unspecified atom stereocenters. The van der Waals surface area contributed by atoms with Gasteiger partial charge in [-0.15, -0.1) is 11.3 Å². The number of amides is 1. The van der Waals surface area contributed by atoms with E-state index in [-0.39, 0.29) is 17.5 Å². The van der Waals surface area contributed by atoms with Crippen LogP contribution in [-0.2, 0) is 22.5 Å². The third kappa shape index (κ3) is 3.63. The van der Waals surface area contributed by atoms with E-state index in [1.807, 2.05) is 37.3 Å². The Morgan fingerprint density at radius 1 is 1.23 bits per heavy atom. The van der Waals surface area contributed by atoms with Gasteiger partial charge in [-0.05, 0) is 38.3 Å². The summed E-state index contributed by atoms with van der Waals surface area (Å²) in [6, 6.07) is 9.34. The smallest absolute Gasteiger partial charge is 0.349 e. The molecule has 0 radical (unpaired) electrons. The highest BCUT2D eigenvalue weighted by molar-refractivity contribution is 7.20. The fraction of sp³-hybridized carbons (Fsp3) is 0.364. The first-order valence-electron chi connectivity index (χ1n) is 9.96. The van der Waals surface area contributed by atoms with Crippen molar-refractivity contribution >= 4 is 33.4 Å². The summed E-state index contributed by atoms with van der Waals surface area (Å²) in [6.45, 7) is 5.79. The average molecular weight is 426 g/mol. The predicted octanol–water partition coefficient (Wildman–Crippen LogP) is 3.14. The van der Waals surface area contributed by atoms with E-state index >= 15 is 0 Å². The highest BCUT2D eigenvalue weighted by Gasteiger charge is 2.26. The molecule has 2 aromatic heterocycles. The first kappa shape index (κ1) is 20.3. The molecule has 0 aliphatic carbocycles. The second kappa shape index (κ2) is 8.02. The van der Waals surface area contributed by atoms with E-state index in [2.05, 4.69) is 10.3 Å². The standard InChI is InChI=1S/C22H23N3O4S/c1-12-17-20(24-16-10-7-11-25(16)21(17)27)30-18(12)22(28)29-14(3)19(26)23-13(2)15-8-5-4-6-9-15/h4-6,8-9,13-14H,7,10-11H2,1-3H3,(H,23,26)/t13-,14+/m0/s1. The van der Waals surface area contributed by atoms with Crippen molar-refractivity contribution in [2.24, 2.45) is 0 Å². The van der Waals surface area contributed by atoms with Gasteiger partial charge < -0.3 is 10.1 Å². The number of hydrogen-bond donors (Lipinski definition) is 1. The van der Waals surface area contributed by atoms with E-state index in [1.54, 1.807) is 11.5 Å². The molecule has 3 aromatic rings. The van der Waals surface area contributed by atoms with Gasteiger partial charge in [0.1, 0.15) is 15.5 Å². The molecular formula is C22H23N3O4S. The van der Waals surface area contributed by atoms with Crippen molar-refractivity contribution in [3.63, 3.8) is 0 Å². The Hall–Kier alpha value is -3.00. The number of benzene rings is 1. The summed E-state index contributed by atoms with van der Waals surface area (Å²) in [5.74, 6) is -0.234. The van der Waals surface area contributed by atoms with Crippen molar-refractivity contribution in [2.45, 2.75) is 52.3 Å². The lowest BCUT2D eigenvalue weighted by molar-refractivity contribution is -0.129. The molecule has 1 aromatic carbocycles. The Balaban J connectivity index is 1.50. The molecule has 4 rings (SSSR count). The van der Waals surface area contributed by atoms with Crippen molar-refractivity contribution in [2.75, 3.05) is 0 Å². The fourth-order valence-corrected chi connectivity index (χ4v) is 4.77. The summed E-state index contributed by atoms with van der Waals surface area (Å²) in [6.07, 6.45) is 0.701. The lowest BCUT2D eigenvalue weighted by Gasteiger charge is -2.18. The van der Waals surface area contributed by atoms with Gasteiger partial charge >= 0.3 is 5.97 Å². The lowest BCUT2D eigenvalue weighted by atomic mass is 10.1. The minimum absolute atomic E-state index is 0.109. The van der Waals surface area contributed by atoms with Crippen LogP contribution in [0.25, 0.3) is 10.2 Å². The lowest BCUT2D eigenvalue weighted by Crippen LogP contribution is -2.37. The van der Waals surface area contributed by atoms with Crippen molar-refractivity contribution < 1.29 is 14.3 Å². The van der Waals surface area contributed by atoms with Crippen molar-refractivity contribution in [1.29, 1.82) is 0 Å². The molecule has 7 nitrogen and oxygen atoms in total. The van der Waals surface area contributed by atoms with E-state index in [4.69, 9.17) is 4.74 Å². The monoisotopic (exact) mass is 425 g/mol. The molecule has 3 heterocycles. The van der Waals surface area contributed by atoms with E-state index in [0.717, 1.165) is 35.6 Å². The molecule has 0 bridgehead atoms. The number of esters is 1. The van der Waals surface area contributed by atoms with E-state index in [0.29, 0.717) is 27.2 Å². The van der Waals surface area contributed by atoms with Crippen LogP contribution in [-0.4, -0.2) is 27.5 Å². The van der Waals surface area contributed by atoms with Crippen molar-refractivity contribution in [3.05, 3.63) is 62.5 Å². The first-order valence-corrected chi connectivity index (χ1v) is 10.8. The zero-order valence-corrected chi connectivity index (χ0v) is 17.9.